The zero-order valence-corrected chi connectivity index (χ0v) is 19.9. The summed E-state index contributed by atoms with van der Waals surface area (Å²) in [6.07, 6.45) is -2.37. The fourth-order valence-electron chi connectivity index (χ4n) is 3.57. The number of fused-ring (bicyclic) bond motifs is 1. The fourth-order valence-corrected chi connectivity index (χ4v) is 3.57. The number of ether oxygens (including phenoxy) is 3. The number of alkyl halides is 3. The summed E-state index contributed by atoms with van der Waals surface area (Å²) < 4.78 is 64.0. The van der Waals surface area contributed by atoms with Gasteiger partial charge >= 0.3 is 6.18 Å². The summed E-state index contributed by atoms with van der Waals surface area (Å²) in [4.78, 5) is 13.2. The molecule has 0 fully saturated rings. The molecule has 0 unspecified atom stereocenters. The first-order valence-electron chi connectivity index (χ1n) is 10.7. The van der Waals surface area contributed by atoms with Crippen LogP contribution in [0.1, 0.15) is 25.2 Å². The molecule has 10 heteroatoms. The van der Waals surface area contributed by atoms with Gasteiger partial charge in [0.05, 0.1) is 45.0 Å². The molecule has 7 nitrogen and oxygen atoms in total. The minimum absolute atomic E-state index is 0.0179. The molecule has 0 radical (unpaired) electrons. The second-order valence-corrected chi connectivity index (χ2v) is 7.09. The van der Waals surface area contributed by atoms with E-state index in [9.17, 15) is 18.0 Å². The van der Waals surface area contributed by atoms with Crippen LogP contribution in [0.15, 0.2) is 58.0 Å². The summed E-state index contributed by atoms with van der Waals surface area (Å²) >= 11 is 0. The maximum absolute atomic E-state index is 14.0. The zero-order chi connectivity index (χ0) is 25.8. The van der Waals surface area contributed by atoms with Gasteiger partial charge in [-0.05, 0) is 29.8 Å². The van der Waals surface area contributed by atoms with Crippen LogP contribution in [0.2, 0.25) is 0 Å². The van der Waals surface area contributed by atoms with Crippen molar-refractivity contribution in [2.75, 3.05) is 21.3 Å². The van der Waals surface area contributed by atoms with Crippen LogP contribution >= 0.6 is 0 Å². The lowest BCUT2D eigenvalue weighted by Gasteiger charge is -2.14. The predicted molar refractivity (Wildman–Crippen MR) is 125 cm³/mol. The van der Waals surface area contributed by atoms with Gasteiger partial charge in [0.15, 0.2) is 11.3 Å². The standard InChI is InChI=1S/C23H19F3N2O5.C2H6/c1-30-15-6-4-5-13(9-15)11-28-12-14(10-27-28)18-19(29)16-7-8-17(31-2)21(32-3)20(16)33-22(18)23(24,25)26;1-2/h4-10,12H,11H2,1-3H3;1-2H3. The number of halogens is 3. The van der Waals surface area contributed by atoms with Crippen LogP contribution in [0.25, 0.3) is 22.1 Å². The molecule has 0 aliphatic heterocycles. The summed E-state index contributed by atoms with van der Waals surface area (Å²) in [6, 6.07) is 9.95. The van der Waals surface area contributed by atoms with Gasteiger partial charge < -0.3 is 18.6 Å². The molecule has 2 heterocycles. The molecule has 0 atom stereocenters. The van der Waals surface area contributed by atoms with Gasteiger partial charge in [-0.2, -0.15) is 18.3 Å². The van der Waals surface area contributed by atoms with Crippen LogP contribution < -0.4 is 19.6 Å². The highest BCUT2D eigenvalue weighted by Gasteiger charge is 2.40. The van der Waals surface area contributed by atoms with Crippen LogP contribution in [0.4, 0.5) is 13.2 Å². The molecule has 186 valence electrons. The third-order valence-corrected chi connectivity index (χ3v) is 5.06. The van der Waals surface area contributed by atoms with Gasteiger partial charge in [-0.3, -0.25) is 9.48 Å². The number of benzene rings is 2. The average Bonchev–Trinajstić information content (AvgIpc) is 3.31. The number of nitrogens with zero attached hydrogens (tertiary/aromatic N) is 2. The molecule has 2 aromatic carbocycles. The zero-order valence-electron chi connectivity index (χ0n) is 19.9. The molecular formula is C25H25F3N2O5. The van der Waals surface area contributed by atoms with Crippen molar-refractivity contribution in [3.05, 3.63) is 70.3 Å². The van der Waals surface area contributed by atoms with E-state index in [0.717, 1.165) is 5.56 Å². The third kappa shape index (κ3) is 5.11. The van der Waals surface area contributed by atoms with E-state index in [1.54, 1.807) is 18.2 Å². The Labute approximate surface area is 199 Å². The molecule has 2 aromatic heterocycles. The Morgan fingerprint density at radius 2 is 1.77 bits per heavy atom. The van der Waals surface area contributed by atoms with E-state index in [1.807, 2.05) is 19.9 Å². The normalized spacial score (nSPS) is 11.1. The minimum atomic E-state index is -4.94. The second-order valence-electron chi connectivity index (χ2n) is 7.09. The monoisotopic (exact) mass is 490 g/mol. The van der Waals surface area contributed by atoms with Crippen LogP contribution in [0, 0.1) is 0 Å². The molecule has 0 aliphatic carbocycles. The van der Waals surface area contributed by atoms with Crippen molar-refractivity contribution in [3.8, 4) is 28.4 Å². The van der Waals surface area contributed by atoms with Gasteiger partial charge in [-0.15, -0.1) is 0 Å². The summed E-state index contributed by atoms with van der Waals surface area (Å²) in [5.74, 6) is -0.760. The van der Waals surface area contributed by atoms with Crippen molar-refractivity contribution < 1.29 is 31.8 Å². The van der Waals surface area contributed by atoms with Crippen molar-refractivity contribution in [1.82, 2.24) is 9.78 Å². The quantitative estimate of drug-likeness (QED) is 0.341. The Morgan fingerprint density at radius 1 is 1.03 bits per heavy atom. The Hall–Kier alpha value is -3.95. The number of rotatable bonds is 6. The van der Waals surface area contributed by atoms with Crippen molar-refractivity contribution >= 4 is 11.0 Å². The van der Waals surface area contributed by atoms with E-state index < -0.39 is 22.9 Å². The van der Waals surface area contributed by atoms with E-state index in [0.29, 0.717) is 5.75 Å². The molecule has 35 heavy (non-hydrogen) atoms. The SMILES string of the molecule is CC.COc1cccc(Cn2cc(-c3c(C(F)(F)F)oc4c(OC)c(OC)ccc4c3=O)cn2)c1. The highest BCUT2D eigenvalue weighted by atomic mass is 19.4. The molecule has 0 saturated carbocycles. The minimum Gasteiger partial charge on any atom is -0.497 e. The first kappa shape index (κ1) is 25.7. The maximum Gasteiger partial charge on any atom is 0.450 e. The van der Waals surface area contributed by atoms with Gasteiger partial charge in [0.2, 0.25) is 16.9 Å². The lowest BCUT2D eigenvalue weighted by Crippen LogP contribution is -2.16. The average molecular weight is 490 g/mol. The number of hydrogen-bond donors (Lipinski definition) is 0. The van der Waals surface area contributed by atoms with E-state index in [4.69, 9.17) is 18.6 Å². The topological polar surface area (TPSA) is 75.7 Å². The highest BCUT2D eigenvalue weighted by Crippen LogP contribution is 2.41. The summed E-state index contributed by atoms with van der Waals surface area (Å²) in [6.45, 7) is 4.27. The highest BCUT2D eigenvalue weighted by molar-refractivity contribution is 5.89. The van der Waals surface area contributed by atoms with Crippen LogP contribution in [0.5, 0.6) is 17.2 Å². The van der Waals surface area contributed by atoms with Crippen molar-refractivity contribution in [2.24, 2.45) is 0 Å². The Balaban J connectivity index is 0.00000167. The molecule has 4 rings (SSSR count). The van der Waals surface area contributed by atoms with Gasteiger partial charge in [0.1, 0.15) is 5.75 Å². The fraction of sp³-hybridized carbons (Fsp3) is 0.280. The van der Waals surface area contributed by atoms with Gasteiger partial charge in [-0.25, -0.2) is 0 Å². The summed E-state index contributed by atoms with van der Waals surface area (Å²) in [5, 5.41) is 4.06. The lowest BCUT2D eigenvalue weighted by molar-refractivity contribution is -0.152. The van der Waals surface area contributed by atoms with Crippen LogP contribution in [-0.4, -0.2) is 31.1 Å². The van der Waals surface area contributed by atoms with E-state index in [1.165, 1.54) is 50.5 Å². The molecule has 0 aliphatic rings. The molecule has 0 saturated heterocycles. The molecule has 0 bridgehead atoms. The van der Waals surface area contributed by atoms with Gasteiger partial charge in [-0.1, -0.05) is 26.0 Å². The Morgan fingerprint density at radius 3 is 2.40 bits per heavy atom. The summed E-state index contributed by atoms with van der Waals surface area (Å²) in [5.41, 5.74) is -1.02. The predicted octanol–water partition coefficient (Wildman–Crippen LogP) is 5.78. The lowest BCUT2D eigenvalue weighted by atomic mass is 10.0. The Kier molecular flexibility index (Phi) is 7.73. The number of aromatic nitrogens is 2. The first-order chi connectivity index (χ1) is 16.8. The largest absolute Gasteiger partial charge is 0.497 e. The second kappa shape index (κ2) is 10.5. The molecular weight excluding hydrogens is 465 g/mol. The van der Waals surface area contributed by atoms with Gasteiger partial charge in [0, 0.05) is 11.8 Å². The van der Waals surface area contributed by atoms with Crippen molar-refractivity contribution in [2.45, 2.75) is 26.6 Å². The Bertz CT molecular complexity index is 1380. The molecule has 0 spiro atoms. The van der Waals surface area contributed by atoms with E-state index in [2.05, 4.69) is 5.10 Å². The number of methoxy groups -OCH3 is 3. The number of hydrogen-bond acceptors (Lipinski definition) is 6. The smallest absolute Gasteiger partial charge is 0.450 e. The third-order valence-electron chi connectivity index (χ3n) is 5.06. The van der Waals surface area contributed by atoms with Crippen molar-refractivity contribution in [3.63, 3.8) is 0 Å². The van der Waals surface area contributed by atoms with Crippen LogP contribution in [0.3, 0.4) is 0 Å². The first-order valence-corrected chi connectivity index (χ1v) is 10.7. The van der Waals surface area contributed by atoms with E-state index >= 15 is 0 Å². The van der Waals surface area contributed by atoms with E-state index in [-0.39, 0.29) is 34.6 Å². The molecule has 0 amide bonds. The summed E-state index contributed by atoms with van der Waals surface area (Å²) in [7, 11) is 4.12. The maximum atomic E-state index is 14.0. The van der Waals surface area contributed by atoms with Crippen molar-refractivity contribution in [1.29, 1.82) is 0 Å². The van der Waals surface area contributed by atoms with Gasteiger partial charge in [0.25, 0.3) is 0 Å². The van der Waals surface area contributed by atoms with Crippen LogP contribution in [-0.2, 0) is 12.7 Å². The molecule has 4 aromatic rings. The molecule has 0 N–H and O–H groups in total.